The minimum atomic E-state index is -0.183. The summed E-state index contributed by atoms with van der Waals surface area (Å²) in [5.74, 6) is -0.183. The zero-order valence-corrected chi connectivity index (χ0v) is 13.3. The molecule has 5 heteroatoms. The highest BCUT2D eigenvalue weighted by atomic mass is 79.9. The number of carbonyl (C=O) groups is 1. The van der Waals surface area contributed by atoms with Gasteiger partial charge in [0.25, 0.3) is 0 Å². The maximum absolute atomic E-state index is 11.8. The monoisotopic (exact) mass is 348 g/mol. The van der Waals surface area contributed by atoms with E-state index >= 15 is 0 Å². The molecule has 0 atom stereocenters. The SMILES string of the molecule is Cc1cc(N)ccc1NC(=O)COCc1cccc(Br)c1. The van der Waals surface area contributed by atoms with E-state index in [0.29, 0.717) is 12.3 Å². The number of hydrogen-bond acceptors (Lipinski definition) is 3. The molecular weight excluding hydrogens is 332 g/mol. The number of ether oxygens (including phenoxy) is 1. The third-order valence-corrected chi connectivity index (χ3v) is 3.41. The quantitative estimate of drug-likeness (QED) is 0.812. The van der Waals surface area contributed by atoms with Crippen molar-refractivity contribution in [2.45, 2.75) is 13.5 Å². The van der Waals surface area contributed by atoms with E-state index in [9.17, 15) is 4.79 Å². The third kappa shape index (κ3) is 4.88. The first-order valence-corrected chi connectivity index (χ1v) is 7.32. The molecule has 1 amide bonds. The Bertz CT molecular complexity index is 644. The Morgan fingerprint density at radius 3 is 2.81 bits per heavy atom. The average Bonchev–Trinajstić information content (AvgIpc) is 2.42. The molecule has 4 nitrogen and oxygen atoms in total. The standard InChI is InChI=1S/C16H17BrN2O2/c1-11-7-14(18)5-6-15(11)19-16(20)10-21-9-12-3-2-4-13(17)8-12/h2-8H,9-10,18H2,1H3,(H,19,20). The summed E-state index contributed by atoms with van der Waals surface area (Å²) in [5, 5.41) is 2.81. The van der Waals surface area contributed by atoms with E-state index < -0.39 is 0 Å². The molecule has 2 aromatic carbocycles. The minimum absolute atomic E-state index is 0.0102. The molecular formula is C16H17BrN2O2. The molecule has 2 aromatic rings. The lowest BCUT2D eigenvalue weighted by atomic mass is 10.2. The van der Waals surface area contributed by atoms with E-state index in [0.717, 1.165) is 21.3 Å². The van der Waals surface area contributed by atoms with Gasteiger partial charge in [-0.2, -0.15) is 0 Å². The average molecular weight is 349 g/mol. The van der Waals surface area contributed by atoms with Crippen LogP contribution < -0.4 is 11.1 Å². The number of carbonyl (C=O) groups excluding carboxylic acids is 1. The lowest BCUT2D eigenvalue weighted by Crippen LogP contribution is -2.18. The smallest absolute Gasteiger partial charge is 0.250 e. The maximum Gasteiger partial charge on any atom is 0.250 e. The molecule has 0 spiro atoms. The fourth-order valence-corrected chi connectivity index (χ4v) is 2.35. The fourth-order valence-electron chi connectivity index (χ4n) is 1.90. The van der Waals surface area contributed by atoms with E-state index in [1.807, 2.05) is 37.3 Å². The van der Waals surface area contributed by atoms with Gasteiger partial charge in [-0.3, -0.25) is 4.79 Å². The van der Waals surface area contributed by atoms with Crippen molar-refractivity contribution in [2.75, 3.05) is 17.7 Å². The van der Waals surface area contributed by atoms with Crippen LogP contribution in [0, 0.1) is 6.92 Å². The highest BCUT2D eigenvalue weighted by Crippen LogP contribution is 2.17. The maximum atomic E-state index is 11.8. The first-order chi connectivity index (χ1) is 10.0. The van der Waals surface area contributed by atoms with Crippen LogP contribution in [-0.4, -0.2) is 12.5 Å². The summed E-state index contributed by atoms with van der Waals surface area (Å²) in [7, 11) is 0. The number of hydrogen-bond donors (Lipinski definition) is 2. The number of anilines is 2. The molecule has 0 aliphatic heterocycles. The lowest BCUT2D eigenvalue weighted by molar-refractivity contribution is -0.121. The largest absolute Gasteiger partial charge is 0.399 e. The van der Waals surface area contributed by atoms with Crippen molar-refractivity contribution in [1.29, 1.82) is 0 Å². The van der Waals surface area contributed by atoms with Crippen LogP contribution in [0.3, 0.4) is 0 Å². The van der Waals surface area contributed by atoms with Gasteiger partial charge >= 0.3 is 0 Å². The van der Waals surface area contributed by atoms with Crippen molar-refractivity contribution >= 4 is 33.2 Å². The fraction of sp³-hybridized carbons (Fsp3) is 0.188. The van der Waals surface area contributed by atoms with Gasteiger partial charge in [-0.15, -0.1) is 0 Å². The van der Waals surface area contributed by atoms with Gasteiger partial charge in [0, 0.05) is 15.8 Å². The second-order valence-electron chi connectivity index (χ2n) is 4.75. The second-order valence-corrected chi connectivity index (χ2v) is 5.66. The van der Waals surface area contributed by atoms with Crippen molar-refractivity contribution in [3.63, 3.8) is 0 Å². The Labute approximate surface area is 132 Å². The van der Waals surface area contributed by atoms with Crippen LogP contribution in [0.15, 0.2) is 46.9 Å². The Morgan fingerprint density at radius 2 is 2.10 bits per heavy atom. The molecule has 0 fully saturated rings. The molecule has 21 heavy (non-hydrogen) atoms. The number of rotatable bonds is 5. The van der Waals surface area contributed by atoms with Gasteiger partial charge in [-0.1, -0.05) is 28.1 Å². The van der Waals surface area contributed by atoms with E-state index in [1.54, 1.807) is 12.1 Å². The minimum Gasteiger partial charge on any atom is -0.399 e. The molecule has 0 aliphatic rings. The summed E-state index contributed by atoms with van der Waals surface area (Å²) in [6, 6.07) is 13.1. The van der Waals surface area contributed by atoms with Gasteiger partial charge in [-0.25, -0.2) is 0 Å². The first kappa shape index (κ1) is 15.5. The van der Waals surface area contributed by atoms with E-state index in [4.69, 9.17) is 10.5 Å². The number of halogens is 1. The number of aryl methyl sites for hydroxylation is 1. The van der Waals surface area contributed by atoms with Crippen molar-refractivity contribution in [1.82, 2.24) is 0 Å². The van der Waals surface area contributed by atoms with Gasteiger partial charge in [0.05, 0.1) is 6.61 Å². The summed E-state index contributed by atoms with van der Waals surface area (Å²) in [4.78, 5) is 11.8. The van der Waals surface area contributed by atoms with Crippen LogP contribution >= 0.6 is 15.9 Å². The summed E-state index contributed by atoms with van der Waals surface area (Å²) < 4.78 is 6.41. The van der Waals surface area contributed by atoms with E-state index in [1.165, 1.54) is 0 Å². The summed E-state index contributed by atoms with van der Waals surface area (Å²) in [6.45, 7) is 2.30. The van der Waals surface area contributed by atoms with Crippen LogP contribution in [0.25, 0.3) is 0 Å². The Kier molecular flexibility index (Phi) is 5.36. The number of nitrogens with two attached hydrogens (primary N) is 1. The summed E-state index contributed by atoms with van der Waals surface area (Å²) in [5.41, 5.74) is 9.04. The molecule has 0 saturated carbocycles. The normalized spacial score (nSPS) is 10.4. The Morgan fingerprint density at radius 1 is 1.29 bits per heavy atom. The van der Waals surface area contributed by atoms with E-state index in [2.05, 4.69) is 21.2 Å². The van der Waals surface area contributed by atoms with Gasteiger partial charge < -0.3 is 15.8 Å². The molecule has 0 saturated heterocycles. The molecule has 3 N–H and O–H groups in total. The number of nitrogen functional groups attached to an aromatic ring is 1. The van der Waals surface area contributed by atoms with Crippen molar-refractivity contribution in [3.8, 4) is 0 Å². The summed E-state index contributed by atoms with van der Waals surface area (Å²) >= 11 is 3.40. The Hall–Kier alpha value is -1.85. The van der Waals surface area contributed by atoms with Crippen LogP contribution in [0.1, 0.15) is 11.1 Å². The molecule has 110 valence electrons. The summed E-state index contributed by atoms with van der Waals surface area (Å²) in [6.07, 6.45) is 0. The lowest BCUT2D eigenvalue weighted by Gasteiger charge is -2.09. The zero-order valence-electron chi connectivity index (χ0n) is 11.7. The molecule has 0 bridgehead atoms. The molecule has 0 heterocycles. The van der Waals surface area contributed by atoms with Crippen molar-refractivity contribution in [3.05, 3.63) is 58.1 Å². The van der Waals surface area contributed by atoms with Crippen LogP contribution in [-0.2, 0) is 16.1 Å². The third-order valence-electron chi connectivity index (χ3n) is 2.92. The van der Waals surface area contributed by atoms with Crippen LogP contribution in [0.4, 0.5) is 11.4 Å². The Balaban J connectivity index is 1.82. The predicted molar refractivity (Wildman–Crippen MR) is 88.0 cm³/mol. The number of benzene rings is 2. The molecule has 0 unspecified atom stereocenters. The van der Waals surface area contributed by atoms with Crippen LogP contribution in [0.2, 0.25) is 0 Å². The molecule has 0 aliphatic carbocycles. The number of nitrogens with one attached hydrogen (secondary N) is 1. The topological polar surface area (TPSA) is 64.3 Å². The van der Waals surface area contributed by atoms with Crippen LogP contribution in [0.5, 0.6) is 0 Å². The van der Waals surface area contributed by atoms with Gasteiger partial charge in [0.2, 0.25) is 5.91 Å². The predicted octanol–water partition coefficient (Wildman–Crippen LogP) is 3.50. The second kappa shape index (κ2) is 7.24. The molecule has 0 aromatic heterocycles. The van der Waals surface area contributed by atoms with Gasteiger partial charge in [-0.05, 0) is 48.4 Å². The van der Waals surface area contributed by atoms with Gasteiger partial charge in [0.1, 0.15) is 6.61 Å². The number of amides is 1. The zero-order chi connectivity index (χ0) is 15.2. The van der Waals surface area contributed by atoms with Crippen molar-refractivity contribution < 1.29 is 9.53 Å². The highest BCUT2D eigenvalue weighted by molar-refractivity contribution is 9.10. The van der Waals surface area contributed by atoms with Crippen molar-refractivity contribution in [2.24, 2.45) is 0 Å². The highest BCUT2D eigenvalue weighted by Gasteiger charge is 2.05. The molecule has 0 radical (unpaired) electrons. The van der Waals surface area contributed by atoms with Gasteiger partial charge in [0.15, 0.2) is 0 Å². The first-order valence-electron chi connectivity index (χ1n) is 6.53. The molecule has 2 rings (SSSR count). The van der Waals surface area contributed by atoms with E-state index in [-0.39, 0.29) is 12.5 Å².